The topological polar surface area (TPSA) is 12.0 Å². The number of aryl methyl sites for hydroxylation is 1. The van der Waals surface area contributed by atoms with Crippen LogP contribution in [0.3, 0.4) is 0 Å². The molecule has 17 heavy (non-hydrogen) atoms. The average Bonchev–Trinajstić information content (AvgIpc) is 2.81. The van der Waals surface area contributed by atoms with Gasteiger partial charge in [0.1, 0.15) is 0 Å². The first-order valence-corrected chi connectivity index (χ1v) is 6.28. The van der Waals surface area contributed by atoms with Crippen LogP contribution >= 0.6 is 0 Å². The van der Waals surface area contributed by atoms with Crippen LogP contribution < -0.4 is 5.32 Å². The van der Waals surface area contributed by atoms with Gasteiger partial charge in [0.25, 0.3) is 0 Å². The van der Waals surface area contributed by atoms with Crippen LogP contribution in [-0.2, 0) is 13.0 Å². The Morgan fingerprint density at radius 3 is 2.59 bits per heavy atom. The fraction of sp³-hybridized carbons (Fsp3) is 0.250. The zero-order valence-corrected chi connectivity index (χ0v) is 9.89. The van der Waals surface area contributed by atoms with E-state index in [9.17, 15) is 0 Å². The highest BCUT2D eigenvalue weighted by Gasteiger charge is 2.20. The fourth-order valence-electron chi connectivity index (χ4n) is 2.61. The van der Waals surface area contributed by atoms with E-state index < -0.39 is 0 Å². The lowest BCUT2D eigenvalue weighted by molar-refractivity contribution is 0.530. The molecule has 0 aromatic heterocycles. The van der Waals surface area contributed by atoms with Gasteiger partial charge in [0.05, 0.1) is 0 Å². The summed E-state index contributed by atoms with van der Waals surface area (Å²) in [6.45, 7) is 0.958. The van der Waals surface area contributed by atoms with Gasteiger partial charge in [0, 0.05) is 12.6 Å². The summed E-state index contributed by atoms with van der Waals surface area (Å²) in [6, 6.07) is 19.9. The molecule has 0 fully saturated rings. The number of hydrogen-bond donors (Lipinski definition) is 1. The summed E-state index contributed by atoms with van der Waals surface area (Å²) >= 11 is 0. The van der Waals surface area contributed by atoms with E-state index >= 15 is 0 Å². The molecular weight excluding hydrogens is 206 g/mol. The molecule has 1 nitrogen and oxygen atoms in total. The SMILES string of the molecule is c1ccc(CN[C@@H]2CCc3ccccc32)cc1. The average molecular weight is 223 g/mol. The lowest BCUT2D eigenvalue weighted by Gasteiger charge is -2.13. The molecule has 2 aromatic carbocycles. The van der Waals surface area contributed by atoms with Crippen molar-refractivity contribution in [2.45, 2.75) is 25.4 Å². The summed E-state index contributed by atoms with van der Waals surface area (Å²) in [5, 5.41) is 3.65. The Morgan fingerprint density at radius 1 is 0.941 bits per heavy atom. The first kappa shape index (κ1) is 10.5. The maximum atomic E-state index is 3.65. The highest BCUT2D eigenvalue weighted by molar-refractivity contribution is 5.34. The Labute approximate surface area is 102 Å². The van der Waals surface area contributed by atoms with Crippen LogP contribution in [0.4, 0.5) is 0 Å². The Morgan fingerprint density at radius 2 is 1.71 bits per heavy atom. The summed E-state index contributed by atoms with van der Waals surface area (Å²) in [7, 11) is 0. The number of rotatable bonds is 3. The minimum Gasteiger partial charge on any atom is -0.306 e. The zero-order chi connectivity index (χ0) is 11.5. The van der Waals surface area contributed by atoms with E-state index in [2.05, 4.69) is 59.9 Å². The lowest BCUT2D eigenvalue weighted by Crippen LogP contribution is -2.18. The minimum absolute atomic E-state index is 0.534. The van der Waals surface area contributed by atoms with E-state index in [-0.39, 0.29) is 0 Å². The predicted molar refractivity (Wildman–Crippen MR) is 70.8 cm³/mol. The molecule has 0 spiro atoms. The summed E-state index contributed by atoms with van der Waals surface area (Å²) in [5.41, 5.74) is 4.36. The Kier molecular flexibility index (Phi) is 2.93. The van der Waals surface area contributed by atoms with Crippen LogP contribution in [0.1, 0.15) is 29.2 Å². The Hall–Kier alpha value is -1.60. The minimum atomic E-state index is 0.534. The van der Waals surface area contributed by atoms with Crippen LogP contribution in [0.2, 0.25) is 0 Å². The maximum Gasteiger partial charge on any atom is 0.0329 e. The van der Waals surface area contributed by atoms with Crippen molar-refractivity contribution < 1.29 is 0 Å². The van der Waals surface area contributed by atoms with Crippen molar-refractivity contribution in [3.8, 4) is 0 Å². The molecule has 86 valence electrons. The van der Waals surface area contributed by atoms with Crippen molar-refractivity contribution >= 4 is 0 Å². The molecule has 3 rings (SSSR count). The van der Waals surface area contributed by atoms with Crippen molar-refractivity contribution in [1.82, 2.24) is 5.32 Å². The monoisotopic (exact) mass is 223 g/mol. The van der Waals surface area contributed by atoms with Gasteiger partial charge in [-0.05, 0) is 29.5 Å². The second-order valence-electron chi connectivity index (χ2n) is 4.66. The standard InChI is InChI=1S/C16H17N/c1-2-6-13(7-3-1)12-17-16-11-10-14-8-4-5-9-15(14)16/h1-9,16-17H,10-12H2/t16-/m1/s1. The van der Waals surface area contributed by atoms with Crippen molar-refractivity contribution in [3.63, 3.8) is 0 Å². The molecule has 0 amide bonds. The van der Waals surface area contributed by atoms with E-state index in [1.807, 2.05) is 0 Å². The highest BCUT2D eigenvalue weighted by atomic mass is 14.9. The van der Waals surface area contributed by atoms with Gasteiger partial charge in [-0.3, -0.25) is 0 Å². The zero-order valence-electron chi connectivity index (χ0n) is 9.89. The van der Waals surface area contributed by atoms with Gasteiger partial charge in [-0.25, -0.2) is 0 Å². The quantitative estimate of drug-likeness (QED) is 0.840. The van der Waals surface area contributed by atoms with Gasteiger partial charge in [0.15, 0.2) is 0 Å². The van der Waals surface area contributed by atoms with Crippen LogP contribution in [0.5, 0.6) is 0 Å². The molecule has 0 aliphatic heterocycles. The molecule has 0 saturated carbocycles. The largest absolute Gasteiger partial charge is 0.306 e. The van der Waals surface area contributed by atoms with Crippen molar-refractivity contribution in [3.05, 3.63) is 71.3 Å². The third-order valence-electron chi connectivity index (χ3n) is 3.53. The molecule has 0 radical (unpaired) electrons. The van der Waals surface area contributed by atoms with Crippen LogP contribution in [0, 0.1) is 0 Å². The van der Waals surface area contributed by atoms with Crippen LogP contribution in [0.25, 0.3) is 0 Å². The van der Waals surface area contributed by atoms with Crippen molar-refractivity contribution in [2.24, 2.45) is 0 Å². The lowest BCUT2D eigenvalue weighted by atomic mass is 10.1. The summed E-state index contributed by atoms with van der Waals surface area (Å²) in [4.78, 5) is 0. The molecule has 1 N–H and O–H groups in total. The third-order valence-corrected chi connectivity index (χ3v) is 3.53. The second kappa shape index (κ2) is 4.72. The summed E-state index contributed by atoms with van der Waals surface area (Å²) in [5.74, 6) is 0. The van der Waals surface area contributed by atoms with E-state index in [1.165, 1.54) is 29.5 Å². The van der Waals surface area contributed by atoms with Gasteiger partial charge in [-0.2, -0.15) is 0 Å². The molecule has 1 heteroatoms. The molecule has 0 heterocycles. The molecule has 0 unspecified atom stereocenters. The Bertz CT molecular complexity index is 490. The molecular formula is C16H17N. The van der Waals surface area contributed by atoms with E-state index in [4.69, 9.17) is 0 Å². The van der Waals surface area contributed by atoms with E-state index in [1.54, 1.807) is 0 Å². The molecule has 2 aromatic rings. The Balaban J connectivity index is 1.68. The molecule has 0 bridgehead atoms. The van der Waals surface area contributed by atoms with Gasteiger partial charge in [0.2, 0.25) is 0 Å². The van der Waals surface area contributed by atoms with E-state index in [0.29, 0.717) is 6.04 Å². The highest BCUT2D eigenvalue weighted by Crippen LogP contribution is 2.30. The second-order valence-corrected chi connectivity index (χ2v) is 4.66. The number of nitrogens with one attached hydrogen (secondary N) is 1. The first-order chi connectivity index (χ1) is 8.43. The fourth-order valence-corrected chi connectivity index (χ4v) is 2.61. The molecule has 1 aliphatic carbocycles. The number of hydrogen-bond acceptors (Lipinski definition) is 1. The predicted octanol–water partition coefficient (Wildman–Crippen LogP) is 3.46. The normalized spacial score (nSPS) is 18.0. The molecule has 1 aliphatic rings. The van der Waals surface area contributed by atoms with Crippen molar-refractivity contribution in [1.29, 1.82) is 0 Å². The smallest absolute Gasteiger partial charge is 0.0329 e. The van der Waals surface area contributed by atoms with Gasteiger partial charge in [-0.1, -0.05) is 54.6 Å². The van der Waals surface area contributed by atoms with Crippen LogP contribution in [0.15, 0.2) is 54.6 Å². The molecule has 0 saturated heterocycles. The van der Waals surface area contributed by atoms with E-state index in [0.717, 1.165) is 6.54 Å². The summed E-state index contributed by atoms with van der Waals surface area (Å²) < 4.78 is 0. The number of benzene rings is 2. The van der Waals surface area contributed by atoms with Crippen molar-refractivity contribution in [2.75, 3.05) is 0 Å². The third kappa shape index (κ3) is 2.25. The number of fused-ring (bicyclic) bond motifs is 1. The van der Waals surface area contributed by atoms with Crippen LogP contribution in [-0.4, -0.2) is 0 Å². The maximum absolute atomic E-state index is 3.65. The van der Waals surface area contributed by atoms with Gasteiger partial charge >= 0.3 is 0 Å². The first-order valence-electron chi connectivity index (χ1n) is 6.28. The van der Waals surface area contributed by atoms with Gasteiger partial charge < -0.3 is 5.32 Å². The van der Waals surface area contributed by atoms with Gasteiger partial charge in [-0.15, -0.1) is 0 Å². The summed E-state index contributed by atoms with van der Waals surface area (Å²) in [6.07, 6.45) is 2.44. The molecule has 1 atom stereocenters.